The zero-order valence-corrected chi connectivity index (χ0v) is 10.4. The van der Waals surface area contributed by atoms with Gasteiger partial charge in [-0.2, -0.15) is 14.8 Å². The summed E-state index contributed by atoms with van der Waals surface area (Å²) >= 11 is 0. The summed E-state index contributed by atoms with van der Waals surface area (Å²) in [6, 6.07) is 7.61. The third kappa shape index (κ3) is 1.69. The Hall–Kier alpha value is -2.63. The Morgan fingerprint density at radius 2 is 2.05 bits per heavy atom. The maximum Gasteiger partial charge on any atom is 0.339 e. The highest BCUT2D eigenvalue weighted by Crippen LogP contribution is 2.21. The van der Waals surface area contributed by atoms with E-state index in [1.54, 1.807) is 19.9 Å². The molecule has 0 spiro atoms. The van der Waals surface area contributed by atoms with Crippen molar-refractivity contribution in [2.75, 3.05) is 0 Å². The van der Waals surface area contributed by atoms with Crippen LogP contribution in [0.25, 0.3) is 17.1 Å². The Kier molecular flexibility index (Phi) is 2.38. The summed E-state index contributed by atoms with van der Waals surface area (Å²) in [4.78, 5) is 15.5. The molecular formula is C13H11N3O3. The maximum atomic E-state index is 11.2. The fourth-order valence-electron chi connectivity index (χ4n) is 2.09. The number of carboxylic acid groups (broad SMARTS) is 1. The zero-order valence-electron chi connectivity index (χ0n) is 10.4. The molecule has 0 saturated heterocycles. The van der Waals surface area contributed by atoms with Crippen LogP contribution in [0.5, 0.6) is 0 Å². The number of hydrogen-bond donors (Lipinski definition) is 1. The van der Waals surface area contributed by atoms with Crippen LogP contribution < -0.4 is 0 Å². The highest BCUT2D eigenvalue weighted by atomic mass is 16.4. The molecule has 19 heavy (non-hydrogen) atoms. The lowest BCUT2D eigenvalue weighted by Crippen LogP contribution is -2.02. The van der Waals surface area contributed by atoms with E-state index in [1.807, 2.05) is 18.2 Å². The highest BCUT2D eigenvalue weighted by molar-refractivity contribution is 5.90. The van der Waals surface area contributed by atoms with E-state index >= 15 is 0 Å². The number of carbonyl (C=O) groups is 1. The van der Waals surface area contributed by atoms with Crippen LogP contribution in [0.1, 0.15) is 21.7 Å². The molecule has 0 atom stereocenters. The molecular weight excluding hydrogens is 246 g/mol. The van der Waals surface area contributed by atoms with Crippen molar-refractivity contribution in [3.8, 4) is 6.01 Å². The second kappa shape index (κ2) is 3.94. The van der Waals surface area contributed by atoms with Crippen molar-refractivity contribution in [3.63, 3.8) is 0 Å². The first-order chi connectivity index (χ1) is 9.08. The van der Waals surface area contributed by atoms with E-state index in [4.69, 9.17) is 9.52 Å². The third-order valence-corrected chi connectivity index (χ3v) is 2.97. The minimum absolute atomic E-state index is 0.183. The van der Waals surface area contributed by atoms with Crippen LogP contribution in [0.2, 0.25) is 0 Å². The molecule has 2 heterocycles. The average molecular weight is 257 g/mol. The molecule has 96 valence electrons. The molecule has 2 aromatic heterocycles. The predicted octanol–water partition coefficient (Wildman–Crippen LogP) is 2.33. The van der Waals surface area contributed by atoms with E-state index in [0.717, 1.165) is 0 Å². The van der Waals surface area contributed by atoms with E-state index in [-0.39, 0.29) is 11.6 Å². The topological polar surface area (TPSA) is 81.2 Å². The van der Waals surface area contributed by atoms with E-state index in [9.17, 15) is 4.79 Å². The van der Waals surface area contributed by atoms with E-state index in [1.165, 1.54) is 4.68 Å². The molecule has 6 heteroatoms. The van der Waals surface area contributed by atoms with Gasteiger partial charge in [-0.1, -0.05) is 12.1 Å². The molecule has 0 fully saturated rings. The summed E-state index contributed by atoms with van der Waals surface area (Å²) in [7, 11) is 0. The Balaban J connectivity index is 2.22. The largest absolute Gasteiger partial charge is 0.478 e. The molecule has 0 amide bonds. The lowest BCUT2D eigenvalue weighted by molar-refractivity contribution is 0.0695. The smallest absolute Gasteiger partial charge is 0.339 e. The summed E-state index contributed by atoms with van der Waals surface area (Å²) in [6.45, 7) is 3.33. The lowest BCUT2D eigenvalue weighted by atomic mass is 10.2. The van der Waals surface area contributed by atoms with Gasteiger partial charge in [0.2, 0.25) is 0 Å². The lowest BCUT2D eigenvalue weighted by Gasteiger charge is -1.97. The predicted molar refractivity (Wildman–Crippen MR) is 67.6 cm³/mol. The quantitative estimate of drug-likeness (QED) is 0.762. The molecule has 0 bridgehead atoms. The molecule has 0 unspecified atom stereocenters. The van der Waals surface area contributed by atoms with Crippen molar-refractivity contribution in [2.24, 2.45) is 0 Å². The van der Waals surface area contributed by atoms with Crippen molar-refractivity contribution >= 4 is 17.1 Å². The van der Waals surface area contributed by atoms with Gasteiger partial charge in [0.05, 0.1) is 11.4 Å². The first-order valence-electron chi connectivity index (χ1n) is 5.73. The number of aromatic nitrogens is 3. The number of rotatable bonds is 2. The summed E-state index contributed by atoms with van der Waals surface area (Å²) in [5.74, 6) is -1.00. The van der Waals surface area contributed by atoms with Gasteiger partial charge in [-0.3, -0.25) is 0 Å². The Labute approximate surface area is 108 Å². The standard InChI is InChI=1S/C13H11N3O3/c1-7-11(12(17)18)8(2)16(15-7)13-14-9-5-3-4-6-10(9)19-13/h3-6H,1-2H3,(H,17,18). The van der Waals surface area contributed by atoms with Crippen molar-refractivity contribution < 1.29 is 14.3 Å². The minimum Gasteiger partial charge on any atom is -0.478 e. The molecule has 0 aliphatic carbocycles. The molecule has 3 aromatic rings. The average Bonchev–Trinajstić information content (AvgIpc) is 2.89. The van der Waals surface area contributed by atoms with E-state index < -0.39 is 5.97 Å². The van der Waals surface area contributed by atoms with Gasteiger partial charge < -0.3 is 9.52 Å². The Morgan fingerprint density at radius 3 is 2.68 bits per heavy atom. The Morgan fingerprint density at radius 1 is 1.32 bits per heavy atom. The van der Waals surface area contributed by atoms with Gasteiger partial charge in [0.1, 0.15) is 11.1 Å². The van der Waals surface area contributed by atoms with Crippen molar-refractivity contribution in [2.45, 2.75) is 13.8 Å². The van der Waals surface area contributed by atoms with Crippen molar-refractivity contribution in [1.29, 1.82) is 0 Å². The van der Waals surface area contributed by atoms with Crippen LogP contribution in [0.4, 0.5) is 0 Å². The van der Waals surface area contributed by atoms with E-state index in [0.29, 0.717) is 22.5 Å². The number of nitrogens with zero attached hydrogens (tertiary/aromatic N) is 3. The molecule has 1 N–H and O–H groups in total. The van der Waals surface area contributed by atoms with Crippen LogP contribution in [-0.4, -0.2) is 25.8 Å². The molecule has 1 aromatic carbocycles. The number of aromatic carboxylic acids is 1. The number of hydrogen-bond acceptors (Lipinski definition) is 4. The second-order valence-corrected chi connectivity index (χ2v) is 4.23. The molecule has 0 aliphatic heterocycles. The summed E-state index contributed by atoms with van der Waals surface area (Å²) in [6.07, 6.45) is 0. The normalized spacial score (nSPS) is 11.1. The summed E-state index contributed by atoms with van der Waals surface area (Å²) in [5.41, 5.74) is 2.47. The molecule has 3 rings (SSSR count). The fraction of sp³-hybridized carbons (Fsp3) is 0.154. The van der Waals surface area contributed by atoms with Crippen LogP contribution in [0.15, 0.2) is 28.7 Å². The van der Waals surface area contributed by atoms with Gasteiger partial charge >= 0.3 is 12.0 Å². The number of carboxylic acids is 1. The molecule has 0 aliphatic rings. The van der Waals surface area contributed by atoms with Crippen molar-refractivity contribution in [3.05, 3.63) is 41.2 Å². The zero-order chi connectivity index (χ0) is 13.6. The number of oxazole rings is 1. The number of benzene rings is 1. The first kappa shape index (κ1) is 11.5. The number of fused-ring (bicyclic) bond motifs is 1. The van der Waals surface area contributed by atoms with Gasteiger partial charge in [0.15, 0.2) is 5.58 Å². The first-order valence-corrected chi connectivity index (χ1v) is 5.73. The maximum absolute atomic E-state index is 11.2. The van der Waals surface area contributed by atoms with Crippen LogP contribution in [0, 0.1) is 13.8 Å². The molecule has 0 radical (unpaired) electrons. The van der Waals surface area contributed by atoms with Crippen molar-refractivity contribution in [1.82, 2.24) is 14.8 Å². The SMILES string of the molecule is Cc1nn(-c2nc3ccccc3o2)c(C)c1C(=O)O. The van der Waals surface area contributed by atoms with Gasteiger partial charge in [-0.25, -0.2) is 4.79 Å². The third-order valence-electron chi connectivity index (χ3n) is 2.97. The molecule has 6 nitrogen and oxygen atoms in total. The summed E-state index contributed by atoms with van der Waals surface area (Å²) < 4.78 is 6.99. The second-order valence-electron chi connectivity index (χ2n) is 4.23. The Bertz CT molecular complexity index is 753. The van der Waals surface area contributed by atoms with Gasteiger partial charge in [-0.15, -0.1) is 0 Å². The molecule has 0 saturated carbocycles. The van der Waals surface area contributed by atoms with Crippen LogP contribution >= 0.6 is 0 Å². The van der Waals surface area contributed by atoms with Gasteiger partial charge in [0.25, 0.3) is 0 Å². The highest BCUT2D eigenvalue weighted by Gasteiger charge is 2.21. The van der Waals surface area contributed by atoms with Gasteiger partial charge in [0, 0.05) is 0 Å². The van der Waals surface area contributed by atoms with Crippen LogP contribution in [0.3, 0.4) is 0 Å². The number of aryl methyl sites for hydroxylation is 1. The number of para-hydroxylation sites is 2. The summed E-state index contributed by atoms with van der Waals surface area (Å²) in [5, 5.41) is 13.3. The van der Waals surface area contributed by atoms with Crippen LogP contribution in [-0.2, 0) is 0 Å². The van der Waals surface area contributed by atoms with Gasteiger partial charge in [-0.05, 0) is 26.0 Å². The fourth-order valence-corrected chi connectivity index (χ4v) is 2.09. The van der Waals surface area contributed by atoms with E-state index in [2.05, 4.69) is 10.1 Å². The minimum atomic E-state index is -1.00. The monoisotopic (exact) mass is 257 g/mol.